The van der Waals surface area contributed by atoms with E-state index in [4.69, 9.17) is 16.7 Å². The van der Waals surface area contributed by atoms with Crippen molar-refractivity contribution < 1.29 is 14.3 Å². The molecule has 0 amide bonds. The van der Waals surface area contributed by atoms with Crippen LogP contribution in [0.4, 0.5) is 15.9 Å². The summed E-state index contributed by atoms with van der Waals surface area (Å²) in [6.07, 6.45) is 2.38. The maximum atomic E-state index is 13.6. The number of aromatic carboxylic acids is 1. The highest BCUT2D eigenvalue weighted by Gasteiger charge is 2.09. The lowest BCUT2D eigenvalue weighted by atomic mass is 10.3. The molecular formula is C11H7ClFN3O2. The molecule has 0 aliphatic carbocycles. The number of carbonyl (C=O) groups is 1. The first-order valence-electron chi connectivity index (χ1n) is 4.84. The Morgan fingerprint density at radius 2 is 2.17 bits per heavy atom. The van der Waals surface area contributed by atoms with Gasteiger partial charge in [0.15, 0.2) is 11.5 Å². The monoisotopic (exact) mass is 267 g/mol. The van der Waals surface area contributed by atoms with Crippen LogP contribution in [0.1, 0.15) is 10.5 Å². The summed E-state index contributed by atoms with van der Waals surface area (Å²) in [6.45, 7) is 0. The van der Waals surface area contributed by atoms with Crippen LogP contribution < -0.4 is 5.32 Å². The second-order valence-corrected chi connectivity index (χ2v) is 3.73. The van der Waals surface area contributed by atoms with Crippen molar-refractivity contribution in [3.63, 3.8) is 0 Å². The Hall–Kier alpha value is -2.21. The highest BCUT2D eigenvalue weighted by molar-refractivity contribution is 6.31. The number of anilines is 2. The zero-order valence-corrected chi connectivity index (χ0v) is 9.65. The number of nitrogens with one attached hydrogen (secondary N) is 1. The van der Waals surface area contributed by atoms with E-state index in [0.29, 0.717) is 0 Å². The molecular weight excluding hydrogens is 261 g/mol. The van der Waals surface area contributed by atoms with E-state index in [9.17, 15) is 9.18 Å². The molecule has 18 heavy (non-hydrogen) atoms. The summed E-state index contributed by atoms with van der Waals surface area (Å²) >= 11 is 5.62. The SMILES string of the molecule is O=C(O)c1cncc(Nc2cccc(Cl)c2F)n1. The minimum atomic E-state index is -1.21. The zero-order chi connectivity index (χ0) is 13.1. The maximum Gasteiger partial charge on any atom is 0.356 e. The molecule has 0 fully saturated rings. The Kier molecular flexibility index (Phi) is 3.38. The second-order valence-electron chi connectivity index (χ2n) is 3.32. The molecule has 2 aromatic rings. The van der Waals surface area contributed by atoms with Crippen molar-refractivity contribution in [2.45, 2.75) is 0 Å². The van der Waals surface area contributed by atoms with Crippen LogP contribution in [0.5, 0.6) is 0 Å². The standard InChI is InChI=1S/C11H7ClFN3O2/c12-6-2-1-3-7(10(6)13)15-9-5-14-4-8(16-9)11(17)18/h1-5H,(H,15,16)(H,17,18). The quantitative estimate of drug-likeness (QED) is 0.894. The molecule has 2 rings (SSSR count). The van der Waals surface area contributed by atoms with Gasteiger partial charge in [-0.1, -0.05) is 17.7 Å². The highest BCUT2D eigenvalue weighted by atomic mass is 35.5. The fraction of sp³-hybridized carbons (Fsp3) is 0. The van der Waals surface area contributed by atoms with E-state index in [2.05, 4.69) is 15.3 Å². The number of aromatic nitrogens is 2. The summed E-state index contributed by atoms with van der Waals surface area (Å²) in [5.74, 6) is -1.73. The first-order chi connectivity index (χ1) is 8.58. The highest BCUT2D eigenvalue weighted by Crippen LogP contribution is 2.24. The van der Waals surface area contributed by atoms with Gasteiger partial charge in [0, 0.05) is 0 Å². The first-order valence-corrected chi connectivity index (χ1v) is 5.22. The van der Waals surface area contributed by atoms with E-state index < -0.39 is 11.8 Å². The van der Waals surface area contributed by atoms with Gasteiger partial charge in [-0.05, 0) is 12.1 Å². The molecule has 1 heterocycles. The predicted molar refractivity (Wildman–Crippen MR) is 63.7 cm³/mol. The number of halogens is 2. The number of rotatable bonds is 3. The number of nitrogens with zero attached hydrogens (tertiary/aromatic N) is 2. The van der Waals surface area contributed by atoms with E-state index in [1.807, 2.05) is 0 Å². The van der Waals surface area contributed by atoms with Gasteiger partial charge in [0.05, 0.1) is 23.1 Å². The topological polar surface area (TPSA) is 75.1 Å². The first kappa shape index (κ1) is 12.3. The summed E-state index contributed by atoms with van der Waals surface area (Å²) in [4.78, 5) is 18.1. The molecule has 0 spiro atoms. The van der Waals surface area contributed by atoms with Crippen LogP contribution in [-0.4, -0.2) is 21.0 Å². The average Bonchev–Trinajstić information content (AvgIpc) is 2.35. The molecule has 5 nitrogen and oxygen atoms in total. The molecule has 7 heteroatoms. The molecule has 0 aliphatic rings. The Morgan fingerprint density at radius 3 is 2.89 bits per heavy atom. The van der Waals surface area contributed by atoms with Crippen molar-refractivity contribution >= 4 is 29.1 Å². The molecule has 0 saturated heterocycles. The largest absolute Gasteiger partial charge is 0.476 e. The Bertz CT molecular complexity index is 607. The van der Waals surface area contributed by atoms with E-state index in [-0.39, 0.29) is 22.2 Å². The van der Waals surface area contributed by atoms with Gasteiger partial charge in [-0.2, -0.15) is 0 Å². The third kappa shape index (κ3) is 2.54. The fourth-order valence-corrected chi connectivity index (χ4v) is 1.44. The Morgan fingerprint density at radius 1 is 1.39 bits per heavy atom. The van der Waals surface area contributed by atoms with Crippen molar-refractivity contribution in [1.29, 1.82) is 0 Å². The molecule has 0 radical (unpaired) electrons. The van der Waals surface area contributed by atoms with E-state index >= 15 is 0 Å². The molecule has 0 bridgehead atoms. The molecule has 92 valence electrons. The lowest BCUT2D eigenvalue weighted by Crippen LogP contribution is -2.04. The molecule has 1 aromatic heterocycles. The summed E-state index contributed by atoms with van der Waals surface area (Å²) in [7, 11) is 0. The molecule has 0 atom stereocenters. The summed E-state index contributed by atoms with van der Waals surface area (Å²) in [5.41, 5.74) is -0.137. The Labute approximate surface area is 106 Å². The van der Waals surface area contributed by atoms with Gasteiger partial charge in [-0.3, -0.25) is 4.98 Å². The Balaban J connectivity index is 2.31. The van der Waals surface area contributed by atoms with Crippen LogP contribution in [0, 0.1) is 5.82 Å². The van der Waals surface area contributed by atoms with Crippen LogP contribution in [0.15, 0.2) is 30.6 Å². The van der Waals surface area contributed by atoms with Gasteiger partial charge in [0.2, 0.25) is 0 Å². The van der Waals surface area contributed by atoms with Crippen LogP contribution in [0.25, 0.3) is 0 Å². The van der Waals surface area contributed by atoms with Crippen molar-refractivity contribution in [2.24, 2.45) is 0 Å². The van der Waals surface area contributed by atoms with Gasteiger partial charge >= 0.3 is 5.97 Å². The van der Waals surface area contributed by atoms with Crippen LogP contribution >= 0.6 is 11.6 Å². The van der Waals surface area contributed by atoms with E-state index in [1.54, 1.807) is 6.07 Å². The van der Waals surface area contributed by atoms with E-state index in [1.165, 1.54) is 18.3 Å². The third-order valence-electron chi connectivity index (χ3n) is 2.07. The predicted octanol–water partition coefficient (Wildman–Crippen LogP) is 2.71. The second kappa shape index (κ2) is 4.97. The minimum absolute atomic E-state index is 0.0395. The van der Waals surface area contributed by atoms with Crippen molar-refractivity contribution in [1.82, 2.24) is 9.97 Å². The average molecular weight is 268 g/mol. The van der Waals surface area contributed by atoms with Crippen molar-refractivity contribution in [3.8, 4) is 0 Å². The van der Waals surface area contributed by atoms with Crippen LogP contribution in [0.3, 0.4) is 0 Å². The summed E-state index contributed by atoms with van der Waals surface area (Å²) < 4.78 is 13.6. The molecule has 0 unspecified atom stereocenters. The van der Waals surface area contributed by atoms with Crippen molar-refractivity contribution in [3.05, 3.63) is 47.1 Å². The smallest absolute Gasteiger partial charge is 0.356 e. The van der Waals surface area contributed by atoms with E-state index in [0.717, 1.165) is 6.20 Å². The minimum Gasteiger partial charge on any atom is -0.476 e. The molecule has 2 N–H and O–H groups in total. The molecule has 0 aliphatic heterocycles. The number of hydrogen-bond acceptors (Lipinski definition) is 4. The number of carboxylic acids is 1. The van der Waals surface area contributed by atoms with Gasteiger partial charge in [-0.25, -0.2) is 14.2 Å². The fourth-order valence-electron chi connectivity index (χ4n) is 1.27. The molecule has 1 aromatic carbocycles. The van der Waals surface area contributed by atoms with Crippen molar-refractivity contribution in [2.75, 3.05) is 5.32 Å². The van der Waals surface area contributed by atoms with Gasteiger partial charge < -0.3 is 10.4 Å². The lowest BCUT2D eigenvalue weighted by Gasteiger charge is -2.07. The number of benzene rings is 1. The van der Waals surface area contributed by atoms with Gasteiger partial charge in [0.1, 0.15) is 5.82 Å². The van der Waals surface area contributed by atoms with Gasteiger partial charge in [0.25, 0.3) is 0 Å². The molecule has 0 saturated carbocycles. The lowest BCUT2D eigenvalue weighted by molar-refractivity contribution is 0.0690. The normalized spacial score (nSPS) is 10.1. The van der Waals surface area contributed by atoms with Gasteiger partial charge in [-0.15, -0.1) is 0 Å². The number of carboxylic acid groups (broad SMARTS) is 1. The third-order valence-corrected chi connectivity index (χ3v) is 2.36. The summed E-state index contributed by atoms with van der Waals surface area (Å²) in [6, 6.07) is 4.42. The maximum absolute atomic E-state index is 13.6. The number of hydrogen-bond donors (Lipinski definition) is 2. The van der Waals surface area contributed by atoms with Crippen LogP contribution in [-0.2, 0) is 0 Å². The summed E-state index contributed by atoms with van der Waals surface area (Å²) in [5, 5.41) is 11.3. The zero-order valence-electron chi connectivity index (χ0n) is 8.89. The van der Waals surface area contributed by atoms with Crippen LogP contribution in [0.2, 0.25) is 5.02 Å².